The molecule has 1 amide bonds. The van der Waals surface area contributed by atoms with Crippen LogP contribution >= 0.6 is 0 Å². The SMILES string of the molecule is COCCNC(CC(Cc1ccccc1)NC(=O)OC(C)(C)C)C(=O)O. The number of aliphatic carboxylic acids is 1. The fraction of sp³-hybridized carbons (Fsp3) is 0.579. The fourth-order valence-corrected chi connectivity index (χ4v) is 2.46. The molecule has 0 aromatic heterocycles. The van der Waals surface area contributed by atoms with E-state index in [2.05, 4.69) is 10.6 Å². The number of amides is 1. The van der Waals surface area contributed by atoms with Crippen LogP contribution in [0.5, 0.6) is 0 Å². The standard InChI is InChI=1S/C19H30N2O5/c1-19(2,3)26-18(24)21-15(12-14-8-6-5-7-9-14)13-16(17(22)23)20-10-11-25-4/h5-9,15-16,20H,10-13H2,1-4H3,(H,21,24)(H,22,23). The van der Waals surface area contributed by atoms with E-state index in [1.807, 2.05) is 30.3 Å². The number of carbonyl (C=O) groups is 2. The van der Waals surface area contributed by atoms with E-state index in [9.17, 15) is 14.7 Å². The molecule has 2 atom stereocenters. The molecule has 0 fully saturated rings. The summed E-state index contributed by atoms with van der Waals surface area (Å²) in [4.78, 5) is 23.7. The number of carboxylic acid groups (broad SMARTS) is 1. The Morgan fingerprint density at radius 1 is 1.19 bits per heavy atom. The van der Waals surface area contributed by atoms with Gasteiger partial charge in [-0.15, -0.1) is 0 Å². The van der Waals surface area contributed by atoms with Gasteiger partial charge in [0.1, 0.15) is 11.6 Å². The Bertz CT molecular complexity index is 557. The zero-order chi connectivity index (χ0) is 19.6. The summed E-state index contributed by atoms with van der Waals surface area (Å²) in [5.41, 5.74) is 0.388. The first-order valence-electron chi connectivity index (χ1n) is 8.70. The lowest BCUT2D eigenvalue weighted by Gasteiger charge is -2.26. The summed E-state index contributed by atoms with van der Waals surface area (Å²) < 4.78 is 10.3. The van der Waals surface area contributed by atoms with Crippen molar-refractivity contribution in [2.24, 2.45) is 0 Å². The van der Waals surface area contributed by atoms with Gasteiger partial charge in [0.2, 0.25) is 0 Å². The van der Waals surface area contributed by atoms with E-state index in [1.54, 1.807) is 27.9 Å². The maximum atomic E-state index is 12.1. The lowest BCUT2D eigenvalue weighted by molar-refractivity contribution is -0.139. The molecule has 7 heteroatoms. The number of benzene rings is 1. The highest BCUT2D eigenvalue weighted by Crippen LogP contribution is 2.11. The lowest BCUT2D eigenvalue weighted by Crippen LogP contribution is -2.47. The minimum absolute atomic E-state index is 0.229. The molecule has 3 N–H and O–H groups in total. The quantitative estimate of drug-likeness (QED) is 0.549. The number of nitrogens with one attached hydrogen (secondary N) is 2. The second-order valence-electron chi connectivity index (χ2n) is 7.11. The van der Waals surface area contributed by atoms with E-state index in [0.717, 1.165) is 5.56 Å². The Hall–Kier alpha value is -2.12. The fourth-order valence-electron chi connectivity index (χ4n) is 2.46. The Balaban J connectivity index is 2.80. The van der Waals surface area contributed by atoms with Crippen molar-refractivity contribution < 1.29 is 24.2 Å². The molecule has 1 rings (SSSR count). The summed E-state index contributed by atoms with van der Waals surface area (Å²) >= 11 is 0. The molecule has 0 bridgehead atoms. The molecule has 7 nitrogen and oxygen atoms in total. The Morgan fingerprint density at radius 2 is 1.85 bits per heavy atom. The van der Waals surface area contributed by atoms with Crippen LogP contribution < -0.4 is 10.6 Å². The predicted octanol–water partition coefficient (Wildman–Crippen LogP) is 2.20. The first-order valence-corrected chi connectivity index (χ1v) is 8.70. The van der Waals surface area contributed by atoms with Crippen molar-refractivity contribution in [3.63, 3.8) is 0 Å². The minimum Gasteiger partial charge on any atom is -0.480 e. The second kappa shape index (κ2) is 10.8. The summed E-state index contributed by atoms with van der Waals surface area (Å²) in [6.07, 6.45) is 0.183. The van der Waals surface area contributed by atoms with Crippen LogP contribution in [0.3, 0.4) is 0 Å². The summed E-state index contributed by atoms with van der Waals surface area (Å²) in [6, 6.07) is 8.43. The van der Waals surface area contributed by atoms with E-state index < -0.39 is 23.7 Å². The van der Waals surface area contributed by atoms with Crippen molar-refractivity contribution in [3.8, 4) is 0 Å². The van der Waals surface area contributed by atoms with Gasteiger partial charge in [-0.05, 0) is 39.2 Å². The maximum absolute atomic E-state index is 12.1. The molecule has 0 radical (unpaired) electrons. The molecule has 0 aliphatic heterocycles. The molecule has 0 spiro atoms. The van der Waals surface area contributed by atoms with Crippen LogP contribution in [0.4, 0.5) is 4.79 Å². The van der Waals surface area contributed by atoms with Crippen LogP contribution in [-0.2, 0) is 20.7 Å². The van der Waals surface area contributed by atoms with Gasteiger partial charge in [0.05, 0.1) is 6.61 Å². The lowest BCUT2D eigenvalue weighted by atomic mass is 9.99. The van der Waals surface area contributed by atoms with Crippen molar-refractivity contribution in [2.45, 2.75) is 51.3 Å². The monoisotopic (exact) mass is 366 g/mol. The average Bonchev–Trinajstić information content (AvgIpc) is 2.53. The van der Waals surface area contributed by atoms with Crippen molar-refractivity contribution in [1.82, 2.24) is 10.6 Å². The second-order valence-corrected chi connectivity index (χ2v) is 7.11. The molecule has 146 valence electrons. The Kier molecular flexibility index (Phi) is 9.09. The van der Waals surface area contributed by atoms with Gasteiger partial charge >= 0.3 is 12.1 Å². The molecule has 0 aliphatic carbocycles. The van der Waals surface area contributed by atoms with E-state index in [4.69, 9.17) is 9.47 Å². The van der Waals surface area contributed by atoms with Crippen LogP contribution in [0, 0.1) is 0 Å². The predicted molar refractivity (Wildman–Crippen MR) is 99.2 cm³/mol. The molecule has 0 aliphatic rings. The molecule has 0 heterocycles. The average molecular weight is 366 g/mol. The summed E-state index contributed by atoms with van der Waals surface area (Å²) in [7, 11) is 1.56. The van der Waals surface area contributed by atoms with Crippen molar-refractivity contribution >= 4 is 12.1 Å². The van der Waals surface area contributed by atoms with Crippen LogP contribution in [0.1, 0.15) is 32.8 Å². The third kappa shape index (κ3) is 9.39. The van der Waals surface area contributed by atoms with Crippen LogP contribution in [0.25, 0.3) is 0 Å². The summed E-state index contributed by atoms with van der Waals surface area (Å²) in [6.45, 7) is 6.17. The number of hydrogen-bond acceptors (Lipinski definition) is 5. The first kappa shape index (κ1) is 21.9. The topological polar surface area (TPSA) is 96.9 Å². The van der Waals surface area contributed by atoms with Crippen LogP contribution in [-0.4, -0.2) is 55.1 Å². The maximum Gasteiger partial charge on any atom is 0.407 e. The summed E-state index contributed by atoms with van der Waals surface area (Å²) in [5.74, 6) is -0.967. The van der Waals surface area contributed by atoms with Gasteiger partial charge in [0, 0.05) is 19.7 Å². The van der Waals surface area contributed by atoms with E-state index >= 15 is 0 Å². The third-order valence-electron chi connectivity index (χ3n) is 3.56. The number of alkyl carbamates (subject to hydrolysis) is 1. The third-order valence-corrected chi connectivity index (χ3v) is 3.56. The number of hydrogen-bond donors (Lipinski definition) is 3. The van der Waals surface area contributed by atoms with E-state index in [-0.39, 0.29) is 12.5 Å². The van der Waals surface area contributed by atoms with Gasteiger partial charge in [0.25, 0.3) is 0 Å². The van der Waals surface area contributed by atoms with Gasteiger partial charge in [-0.1, -0.05) is 30.3 Å². The van der Waals surface area contributed by atoms with Gasteiger partial charge in [-0.25, -0.2) is 4.79 Å². The zero-order valence-corrected chi connectivity index (χ0v) is 16.0. The molecule has 0 saturated carbocycles. The molecule has 26 heavy (non-hydrogen) atoms. The van der Waals surface area contributed by atoms with Crippen molar-refractivity contribution in [1.29, 1.82) is 0 Å². The van der Waals surface area contributed by atoms with Crippen LogP contribution in [0.15, 0.2) is 30.3 Å². The number of methoxy groups -OCH3 is 1. The van der Waals surface area contributed by atoms with Crippen molar-refractivity contribution in [3.05, 3.63) is 35.9 Å². The zero-order valence-electron chi connectivity index (χ0n) is 16.0. The largest absolute Gasteiger partial charge is 0.480 e. The Labute approximate surface area is 155 Å². The highest BCUT2D eigenvalue weighted by molar-refractivity contribution is 5.74. The molecule has 1 aromatic rings. The molecular formula is C19H30N2O5. The highest BCUT2D eigenvalue weighted by atomic mass is 16.6. The normalized spacial score (nSPS) is 13.7. The number of carbonyl (C=O) groups excluding carboxylic acids is 1. The Morgan fingerprint density at radius 3 is 2.38 bits per heavy atom. The highest BCUT2D eigenvalue weighted by Gasteiger charge is 2.25. The number of ether oxygens (including phenoxy) is 2. The van der Waals surface area contributed by atoms with E-state index in [0.29, 0.717) is 19.6 Å². The molecule has 0 saturated heterocycles. The van der Waals surface area contributed by atoms with Gasteiger partial charge in [-0.2, -0.15) is 0 Å². The molecular weight excluding hydrogens is 336 g/mol. The molecule has 1 aromatic carbocycles. The molecule has 2 unspecified atom stereocenters. The van der Waals surface area contributed by atoms with Crippen molar-refractivity contribution in [2.75, 3.05) is 20.3 Å². The first-order chi connectivity index (χ1) is 12.2. The van der Waals surface area contributed by atoms with Gasteiger partial charge in [-0.3, -0.25) is 4.79 Å². The van der Waals surface area contributed by atoms with E-state index in [1.165, 1.54) is 0 Å². The van der Waals surface area contributed by atoms with Crippen LogP contribution in [0.2, 0.25) is 0 Å². The number of rotatable bonds is 10. The minimum atomic E-state index is -0.967. The van der Waals surface area contributed by atoms with Gasteiger partial charge < -0.3 is 25.2 Å². The van der Waals surface area contributed by atoms with Gasteiger partial charge in [0.15, 0.2) is 0 Å². The summed E-state index contributed by atoms with van der Waals surface area (Å²) in [5, 5.41) is 15.2. The number of carboxylic acids is 1. The smallest absolute Gasteiger partial charge is 0.407 e.